The Hall–Kier alpha value is -4.44. The summed E-state index contributed by atoms with van der Waals surface area (Å²) in [5.74, 6) is 0.170. The van der Waals surface area contributed by atoms with Gasteiger partial charge in [0.2, 0.25) is 0 Å². The number of likely N-dealkylation sites (N-methyl/N-ethyl adjacent to an activating group) is 1. The Morgan fingerprint density at radius 2 is 1.63 bits per heavy atom. The number of aromatic nitrogens is 2. The van der Waals surface area contributed by atoms with Gasteiger partial charge < -0.3 is 14.5 Å². The van der Waals surface area contributed by atoms with E-state index in [2.05, 4.69) is 30.0 Å². The molecule has 3 aromatic carbocycles. The van der Waals surface area contributed by atoms with E-state index in [1.54, 1.807) is 29.2 Å². The molecular formula is C34H38N6O5S. The van der Waals surface area contributed by atoms with E-state index in [1.807, 2.05) is 6.07 Å². The van der Waals surface area contributed by atoms with Gasteiger partial charge in [-0.25, -0.2) is 13.2 Å². The van der Waals surface area contributed by atoms with Gasteiger partial charge in [-0.2, -0.15) is 9.23 Å². The Labute approximate surface area is 268 Å². The van der Waals surface area contributed by atoms with Crippen molar-refractivity contribution in [3.05, 3.63) is 94.4 Å². The van der Waals surface area contributed by atoms with Gasteiger partial charge in [-0.15, -0.1) is 0 Å². The molecule has 2 aliphatic heterocycles. The highest BCUT2D eigenvalue weighted by molar-refractivity contribution is 7.90. The average molecular weight is 643 g/mol. The molecule has 2 saturated heterocycles. The third-order valence-corrected chi connectivity index (χ3v) is 11.2. The van der Waals surface area contributed by atoms with Crippen molar-refractivity contribution in [2.45, 2.75) is 42.3 Å². The average Bonchev–Trinajstić information content (AvgIpc) is 3.68. The first-order valence-electron chi connectivity index (χ1n) is 15.4. The number of benzene rings is 3. The number of amides is 1. The van der Waals surface area contributed by atoms with E-state index in [-0.39, 0.29) is 33.4 Å². The van der Waals surface area contributed by atoms with Gasteiger partial charge in [0.05, 0.1) is 34.7 Å². The van der Waals surface area contributed by atoms with E-state index in [1.165, 1.54) is 54.1 Å². The Kier molecular flexibility index (Phi) is 8.74. The number of carbonyl (C=O) groups excluding carboxylic acids is 1. The van der Waals surface area contributed by atoms with Crippen LogP contribution >= 0.6 is 0 Å². The molecule has 6 rings (SSSR count). The van der Waals surface area contributed by atoms with Crippen LogP contribution < -0.4 is 10.4 Å². The largest absolute Gasteiger partial charge is 0.497 e. The number of nitrogens with zero attached hydrogens (tertiary/aromatic N) is 6. The zero-order chi connectivity index (χ0) is 32.6. The maximum absolute atomic E-state index is 14.6. The van der Waals surface area contributed by atoms with Crippen molar-refractivity contribution >= 4 is 27.0 Å². The second-order valence-corrected chi connectivity index (χ2v) is 13.9. The first kappa shape index (κ1) is 31.5. The van der Waals surface area contributed by atoms with Crippen LogP contribution in [0.5, 0.6) is 5.75 Å². The summed E-state index contributed by atoms with van der Waals surface area (Å²) < 4.78 is 35.3. The van der Waals surface area contributed by atoms with E-state index in [9.17, 15) is 23.3 Å². The summed E-state index contributed by atoms with van der Waals surface area (Å²) in [6.45, 7) is 3.10. The summed E-state index contributed by atoms with van der Waals surface area (Å²) in [7, 11) is 1.34. The fourth-order valence-electron chi connectivity index (χ4n) is 6.78. The molecule has 0 N–H and O–H groups in total. The Morgan fingerprint density at radius 3 is 2.28 bits per heavy atom. The van der Waals surface area contributed by atoms with Crippen molar-refractivity contribution in [3.8, 4) is 11.8 Å². The van der Waals surface area contributed by atoms with Crippen molar-refractivity contribution in [1.29, 1.82) is 5.26 Å². The normalized spacial score (nSPS) is 18.6. The smallest absolute Gasteiger partial charge is 0.344 e. The fraction of sp³-hybridized carbons (Fsp3) is 0.382. The lowest BCUT2D eigenvalue weighted by molar-refractivity contribution is -0.132. The maximum Gasteiger partial charge on any atom is 0.344 e. The molecule has 2 atom stereocenters. The summed E-state index contributed by atoms with van der Waals surface area (Å²) in [6.07, 6.45) is 2.95. The van der Waals surface area contributed by atoms with Crippen LogP contribution in [0.15, 0.2) is 82.5 Å². The van der Waals surface area contributed by atoms with Crippen LogP contribution in [0.2, 0.25) is 0 Å². The number of nitriles is 1. The molecule has 3 heterocycles. The first-order chi connectivity index (χ1) is 22.1. The minimum Gasteiger partial charge on any atom is -0.497 e. The lowest BCUT2D eigenvalue weighted by Crippen LogP contribution is -2.48. The SMILES string of the molecule is COc1ccc(S(=O)(=O)n2c(=O)n(C(C(=O)N3CCC(N(C)C4CCN(C)CC4)C3)c3ccccc3)c3cc(C#N)ccc32)cc1. The number of hydrogen-bond acceptors (Lipinski definition) is 8. The fourth-order valence-corrected chi connectivity index (χ4v) is 8.18. The Balaban J connectivity index is 1.44. The molecule has 1 amide bonds. The number of ether oxygens (including phenoxy) is 1. The van der Waals surface area contributed by atoms with E-state index < -0.39 is 21.8 Å². The molecule has 240 valence electrons. The van der Waals surface area contributed by atoms with E-state index in [0.717, 1.165) is 36.3 Å². The maximum atomic E-state index is 14.6. The predicted octanol–water partition coefficient (Wildman–Crippen LogP) is 3.14. The van der Waals surface area contributed by atoms with Crippen LogP contribution in [-0.4, -0.2) is 97.0 Å². The standard InChI is InChI=1S/C34H38N6O5S/c1-36-18-15-26(16-19-36)37(2)27-17-20-38(23-27)33(41)32(25-7-5-4-6-8-25)39-31-21-24(22-35)9-14-30(31)40(34(39)42)46(43,44)29-12-10-28(45-3)11-13-29/h4-14,21,26-27,32H,15-20,23H2,1-3H3. The second-order valence-electron chi connectivity index (χ2n) is 12.2. The molecule has 12 heteroatoms. The van der Waals surface area contributed by atoms with Crippen LogP contribution in [0.25, 0.3) is 11.0 Å². The number of carbonyl (C=O) groups is 1. The lowest BCUT2D eigenvalue weighted by Gasteiger charge is -2.38. The molecule has 0 saturated carbocycles. The van der Waals surface area contributed by atoms with Crippen LogP contribution in [0.4, 0.5) is 0 Å². The molecule has 2 fully saturated rings. The monoisotopic (exact) mass is 642 g/mol. The number of fused-ring (bicyclic) bond motifs is 1. The van der Waals surface area contributed by atoms with Crippen molar-refractivity contribution in [1.82, 2.24) is 23.2 Å². The van der Waals surface area contributed by atoms with Gasteiger partial charge in [-0.05, 0) is 94.5 Å². The van der Waals surface area contributed by atoms with Gasteiger partial charge in [-0.3, -0.25) is 14.3 Å². The number of piperidine rings is 1. The highest BCUT2D eigenvalue weighted by atomic mass is 32.2. The number of imidazole rings is 1. The van der Waals surface area contributed by atoms with Crippen LogP contribution in [-0.2, 0) is 14.8 Å². The van der Waals surface area contributed by atoms with Crippen LogP contribution in [0.1, 0.15) is 36.4 Å². The molecule has 0 radical (unpaired) electrons. The summed E-state index contributed by atoms with van der Waals surface area (Å²) in [5.41, 5.74) is 0.158. The minimum absolute atomic E-state index is 0.0786. The Bertz CT molecular complexity index is 1940. The van der Waals surface area contributed by atoms with Gasteiger partial charge in [0.25, 0.3) is 15.9 Å². The highest BCUT2D eigenvalue weighted by Gasteiger charge is 2.39. The van der Waals surface area contributed by atoms with Crippen LogP contribution in [0.3, 0.4) is 0 Å². The Morgan fingerprint density at radius 1 is 0.957 bits per heavy atom. The summed E-state index contributed by atoms with van der Waals surface area (Å²) in [5, 5.41) is 9.74. The number of likely N-dealkylation sites (tertiary alicyclic amines) is 2. The van der Waals surface area contributed by atoms with Gasteiger partial charge in [-0.1, -0.05) is 30.3 Å². The van der Waals surface area contributed by atoms with Crippen molar-refractivity contribution in [3.63, 3.8) is 0 Å². The summed E-state index contributed by atoms with van der Waals surface area (Å²) in [4.78, 5) is 35.4. The first-order valence-corrected chi connectivity index (χ1v) is 16.9. The molecule has 2 unspecified atom stereocenters. The zero-order valence-electron chi connectivity index (χ0n) is 26.2. The van der Waals surface area contributed by atoms with Crippen molar-refractivity contribution in [2.24, 2.45) is 0 Å². The number of hydrogen-bond donors (Lipinski definition) is 0. The highest BCUT2D eigenvalue weighted by Crippen LogP contribution is 2.30. The van der Waals surface area contributed by atoms with Crippen molar-refractivity contribution < 1.29 is 17.9 Å². The third-order valence-electron chi connectivity index (χ3n) is 9.48. The van der Waals surface area contributed by atoms with Gasteiger partial charge in [0.1, 0.15) is 11.8 Å². The van der Waals surface area contributed by atoms with Gasteiger partial charge in [0, 0.05) is 25.2 Å². The molecule has 1 aromatic heterocycles. The topological polar surface area (TPSA) is 121 Å². The van der Waals surface area contributed by atoms with Crippen molar-refractivity contribution in [2.75, 3.05) is 47.4 Å². The molecule has 0 bridgehead atoms. The number of methoxy groups -OCH3 is 1. The number of rotatable bonds is 8. The minimum atomic E-state index is -4.41. The third kappa shape index (κ3) is 5.70. The summed E-state index contributed by atoms with van der Waals surface area (Å²) >= 11 is 0. The van der Waals surface area contributed by atoms with Gasteiger partial charge >= 0.3 is 5.69 Å². The molecule has 4 aromatic rings. The van der Waals surface area contributed by atoms with Gasteiger partial charge in [0.15, 0.2) is 0 Å². The molecule has 11 nitrogen and oxygen atoms in total. The zero-order valence-corrected chi connectivity index (χ0v) is 27.1. The summed E-state index contributed by atoms with van der Waals surface area (Å²) in [6, 6.07) is 20.6. The lowest BCUT2D eigenvalue weighted by atomic mass is 10.0. The molecule has 0 aliphatic carbocycles. The van der Waals surface area contributed by atoms with E-state index in [4.69, 9.17) is 4.74 Å². The van der Waals surface area contributed by atoms with E-state index in [0.29, 0.717) is 30.4 Å². The second kappa shape index (κ2) is 12.7. The molecule has 0 spiro atoms. The van der Waals surface area contributed by atoms with E-state index >= 15 is 0 Å². The molecule has 2 aliphatic rings. The quantitative estimate of drug-likeness (QED) is 0.288. The molecule has 46 heavy (non-hydrogen) atoms. The predicted molar refractivity (Wildman–Crippen MR) is 174 cm³/mol. The van der Waals surface area contributed by atoms with Crippen LogP contribution in [0, 0.1) is 11.3 Å². The molecular weight excluding hydrogens is 604 g/mol.